The maximum absolute atomic E-state index is 13.7. The van der Waals surface area contributed by atoms with Crippen LogP contribution in [-0.4, -0.2) is 37.3 Å². The number of carbonyl (C=O) groups is 1. The van der Waals surface area contributed by atoms with E-state index in [0.29, 0.717) is 40.1 Å². The third kappa shape index (κ3) is 5.61. The summed E-state index contributed by atoms with van der Waals surface area (Å²) in [4.78, 5) is 21.1. The minimum absolute atomic E-state index is 0.0957. The number of carbonyl (C=O) groups excluding carboxylic acids is 1. The van der Waals surface area contributed by atoms with Crippen molar-refractivity contribution in [2.75, 3.05) is 37.3 Å². The van der Waals surface area contributed by atoms with Crippen molar-refractivity contribution in [2.45, 2.75) is 0 Å². The number of urea groups is 1. The molecule has 36 heavy (non-hydrogen) atoms. The minimum Gasteiger partial charge on any atom is -0.493 e. The van der Waals surface area contributed by atoms with Gasteiger partial charge in [0.05, 0.1) is 45.1 Å². The second kappa shape index (κ2) is 11.0. The fraction of sp³-hybridized carbons (Fsp3) is 0.115. The topological polar surface area (TPSA) is 107 Å². The van der Waals surface area contributed by atoms with Crippen LogP contribution in [0.15, 0.2) is 73.1 Å². The summed E-state index contributed by atoms with van der Waals surface area (Å²) in [5.41, 5.74) is 2.72. The number of methoxy groups -OCH3 is 3. The molecular formula is C26H24FN5O4. The van der Waals surface area contributed by atoms with E-state index in [-0.39, 0.29) is 5.69 Å². The molecule has 0 atom stereocenters. The number of benzene rings is 3. The smallest absolute Gasteiger partial charge is 0.323 e. The average molecular weight is 490 g/mol. The Bertz CT molecular complexity index is 1340. The molecule has 0 aliphatic carbocycles. The Balaban J connectivity index is 1.47. The van der Waals surface area contributed by atoms with Gasteiger partial charge in [-0.3, -0.25) is 4.98 Å². The molecule has 1 aromatic heterocycles. The van der Waals surface area contributed by atoms with Crippen molar-refractivity contribution in [2.24, 2.45) is 0 Å². The van der Waals surface area contributed by atoms with Crippen LogP contribution in [0.5, 0.6) is 17.2 Å². The molecule has 10 heteroatoms. The zero-order valence-electron chi connectivity index (χ0n) is 19.8. The molecule has 0 unspecified atom stereocenters. The molecule has 4 rings (SSSR count). The van der Waals surface area contributed by atoms with Gasteiger partial charge in [0.2, 0.25) is 5.75 Å². The first-order valence-corrected chi connectivity index (χ1v) is 10.8. The van der Waals surface area contributed by atoms with Gasteiger partial charge in [-0.1, -0.05) is 24.3 Å². The summed E-state index contributed by atoms with van der Waals surface area (Å²) in [5.74, 6) is 1.49. The number of nitrogens with one attached hydrogen (secondary N) is 3. The van der Waals surface area contributed by atoms with Crippen molar-refractivity contribution in [3.05, 3.63) is 78.9 Å². The molecule has 3 aromatic carbocycles. The van der Waals surface area contributed by atoms with Crippen LogP contribution in [0.2, 0.25) is 0 Å². The summed E-state index contributed by atoms with van der Waals surface area (Å²) in [7, 11) is 4.63. The van der Waals surface area contributed by atoms with Crippen LogP contribution in [0.3, 0.4) is 0 Å². The molecule has 0 bridgehead atoms. The number of para-hydroxylation sites is 1. The van der Waals surface area contributed by atoms with E-state index in [1.165, 1.54) is 12.1 Å². The van der Waals surface area contributed by atoms with Crippen molar-refractivity contribution >= 4 is 28.9 Å². The molecule has 184 valence electrons. The lowest BCUT2D eigenvalue weighted by Gasteiger charge is -2.15. The van der Waals surface area contributed by atoms with Crippen LogP contribution >= 0.6 is 0 Å². The second-order valence-electron chi connectivity index (χ2n) is 7.46. The molecule has 0 aliphatic rings. The first-order chi connectivity index (χ1) is 17.5. The highest BCUT2D eigenvalue weighted by atomic mass is 19.1. The van der Waals surface area contributed by atoms with Gasteiger partial charge in [0, 0.05) is 29.1 Å². The van der Waals surface area contributed by atoms with Crippen molar-refractivity contribution in [3.8, 4) is 28.5 Å². The molecule has 0 saturated carbocycles. The monoisotopic (exact) mass is 489 g/mol. The highest BCUT2D eigenvalue weighted by Crippen LogP contribution is 2.40. The molecule has 4 aromatic rings. The van der Waals surface area contributed by atoms with Crippen molar-refractivity contribution < 1.29 is 23.4 Å². The maximum atomic E-state index is 13.7. The van der Waals surface area contributed by atoms with E-state index in [1.807, 2.05) is 0 Å². The number of ether oxygens (including phenoxy) is 3. The number of hydrogen-bond acceptors (Lipinski definition) is 7. The molecule has 0 saturated heterocycles. The van der Waals surface area contributed by atoms with Crippen molar-refractivity contribution in [1.82, 2.24) is 9.97 Å². The maximum Gasteiger partial charge on any atom is 0.323 e. The lowest BCUT2D eigenvalue weighted by atomic mass is 10.1. The summed E-state index contributed by atoms with van der Waals surface area (Å²) in [6.07, 6.45) is 3.23. The fourth-order valence-corrected chi connectivity index (χ4v) is 3.44. The van der Waals surface area contributed by atoms with Crippen LogP contribution < -0.4 is 30.2 Å². The first kappa shape index (κ1) is 24.3. The molecule has 0 spiro atoms. The summed E-state index contributed by atoms with van der Waals surface area (Å²) < 4.78 is 29.9. The summed E-state index contributed by atoms with van der Waals surface area (Å²) in [6.45, 7) is 0. The van der Waals surface area contributed by atoms with Crippen LogP contribution in [0.1, 0.15) is 0 Å². The SMILES string of the molecule is COc1cc(Nc2cncc(-c3ccc(NC(=O)Nc4ccccc4F)cc3)n2)cc(OC)c1OC. The number of anilines is 4. The fourth-order valence-electron chi connectivity index (χ4n) is 3.44. The summed E-state index contributed by atoms with van der Waals surface area (Å²) >= 11 is 0. The van der Waals surface area contributed by atoms with Gasteiger partial charge in [-0.2, -0.15) is 0 Å². The quantitative estimate of drug-likeness (QED) is 0.292. The van der Waals surface area contributed by atoms with E-state index >= 15 is 0 Å². The van der Waals surface area contributed by atoms with Crippen LogP contribution in [0.25, 0.3) is 11.3 Å². The van der Waals surface area contributed by atoms with Crippen LogP contribution in [-0.2, 0) is 0 Å². The standard InChI is InChI=1S/C26H24FN5O4/c1-34-22-12-18(13-23(35-2)25(22)36-3)29-24-15-28-14-21(31-24)16-8-10-17(11-9-16)30-26(33)32-20-7-5-4-6-19(20)27/h4-15H,1-3H3,(H,29,31)(H2,30,32,33). The Morgan fingerprint density at radius 1 is 0.833 bits per heavy atom. The lowest BCUT2D eigenvalue weighted by Crippen LogP contribution is -2.20. The van der Waals surface area contributed by atoms with Gasteiger partial charge in [-0.25, -0.2) is 14.2 Å². The molecule has 0 fully saturated rings. The zero-order valence-corrected chi connectivity index (χ0v) is 19.8. The van der Waals surface area contributed by atoms with E-state index in [4.69, 9.17) is 14.2 Å². The van der Waals surface area contributed by atoms with Gasteiger partial charge in [0.1, 0.15) is 11.6 Å². The predicted molar refractivity (Wildman–Crippen MR) is 136 cm³/mol. The van der Waals surface area contributed by atoms with E-state index in [0.717, 1.165) is 5.56 Å². The van der Waals surface area contributed by atoms with Crippen molar-refractivity contribution in [3.63, 3.8) is 0 Å². The third-order valence-corrected chi connectivity index (χ3v) is 5.13. The summed E-state index contributed by atoms with van der Waals surface area (Å²) in [6, 6.07) is 16.0. The molecular weight excluding hydrogens is 465 g/mol. The van der Waals surface area contributed by atoms with E-state index in [2.05, 4.69) is 25.9 Å². The minimum atomic E-state index is -0.552. The number of halogens is 1. The van der Waals surface area contributed by atoms with E-state index in [9.17, 15) is 9.18 Å². The lowest BCUT2D eigenvalue weighted by molar-refractivity contribution is 0.262. The van der Waals surface area contributed by atoms with E-state index < -0.39 is 11.8 Å². The Hall–Kier alpha value is -4.86. The van der Waals surface area contributed by atoms with Crippen molar-refractivity contribution in [1.29, 1.82) is 0 Å². The van der Waals surface area contributed by atoms with Gasteiger partial charge in [-0.15, -0.1) is 0 Å². The molecule has 2 amide bonds. The molecule has 0 radical (unpaired) electrons. The number of hydrogen-bond donors (Lipinski definition) is 3. The average Bonchev–Trinajstić information content (AvgIpc) is 2.90. The predicted octanol–water partition coefficient (Wildman–Crippen LogP) is 5.70. The Labute approximate surface area is 207 Å². The number of aromatic nitrogens is 2. The summed E-state index contributed by atoms with van der Waals surface area (Å²) in [5, 5.41) is 8.34. The zero-order chi connectivity index (χ0) is 25.5. The van der Waals surface area contributed by atoms with Gasteiger partial charge >= 0.3 is 6.03 Å². The normalized spacial score (nSPS) is 10.3. The first-order valence-electron chi connectivity index (χ1n) is 10.8. The van der Waals surface area contributed by atoms with Crippen LogP contribution in [0.4, 0.5) is 32.1 Å². The Morgan fingerprint density at radius 3 is 2.17 bits per heavy atom. The molecule has 3 N–H and O–H groups in total. The van der Waals surface area contributed by atoms with E-state index in [1.54, 1.807) is 82.3 Å². The molecule has 9 nitrogen and oxygen atoms in total. The highest BCUT2D eigenvalue weighted by molar-refractivity contribution is 5.99. The third-order valence-electron chi connectivity index (χ3n) is 5.13. The number of amides is 2. The largest absolute Gasteiger partial charge is 0.493 e. The number of nitrogens with zero attached hydrogens (tertiary/aromatic N) is 2. The highest BCUT2D eigenvalue weighted by Gasteiger charge is 2.14. The van der Waals surface area contributed by atoms with Gasteiger partial charge in [0.25, 0.3) is 0 Å². The van der Waals surface area contributed by atoms with Crippen LogP contribution in [0, 0.1) is 5.82 Å². The Kier molecular flexibility index (Phi) is 7.45. The number of rotatable bonds is 8. The van der Waals surface area contributed by atoms with Gasteiger partial charge in [0.15, 0.2) is 11.5 Å². The molecule has 1 heterocycles. The second-order valence-corrected chi connectivity index (χ2v) is 7.46. The van der Waals surface area contributed by atoms with Gasteiger partial charge < -0.3 is 30.2 Å². The molecule has 0 aliphatic heterocycles. The van der Waals surface area contributed by atoms with Gasteiger partial charge in [-0.05, 0) is 24.3 Å². The Morgan fingerprint density at radius 2 is 1.53 bits per heavy atom.